The third-order valence-corrected chi connectivity index (χ3v) is 5.17. The van der Waals surface area contributed by atoms with E-state index in [4.69, 9.17) is 17.3 Å². The van der Waals surface area contributed by atoms with Crippen LogP contribution in [0.15, 0.2) is 42.5 Å². The first-order valence-corrected chi connectivity index (χ1v) is 8.71. The molecule has 0 saturated carbocycles. The summed E-state index contributed by atoms with van der Waals surface area (Å²) in [5, 5.41) is 3.91. The Kier molecular flexibility index (Phi) is 6.02. The molecule has 1 aliphatic carbocycles. The number of halogens is 2. The Hall–Kier alpha value is -1.71. The predicted octanol–water partition coefficient (Wildman–Crippen LogP) is 4.82. The Morgan fingerprint density at radius 3 is 2.56 bits per heavy atom. The molecule has 5 heteroatoms. The van der Waals surface area contributed by atoms with E-state index >= 15 is 0 Å². The van der Waals surface area contributed by atoms with E-state index in [9.17, 15) is 4.79 Å². The van der Waals surface area contributed by atoms with Crippen molar-refractivity contribution in [1.82, 2.24) is 5.32 Å². The van der Waals surface area contributed by atoms with Crippen LogP contribution in [0.2, 0.25) is 5.02 Å². The fourth-order valence-electron chi connectivity index (χ4n) is 3.32. The quantitative estimate of drug-likeness (QED) is 0.752. The SMILES string of the molecule is CC(C)(C(=O)NC1CCCc2cc(N)ccc21)c1ccc(Cl)cc1.Cl. The van der Waals surface area contributed by atoms with Crippen LogP contribution in [0.25, 0.3) is 0 Å². The lowest BCUT2D eigenvalue weighted by atomic mass is 9.82. The van der Waals surface area contributed by atoms with Crippen LogP contribution in [0.5, 0.6) is 0 Å². The van der Waals surface area contributed by atoms with E-state index in [0.29, 0.717) is 5.02 Å². The predicted molar refractivity (Wildman–Crippen MR) is 106 cm³/mol. The van der Waals surface area contributed by atoms with Gasteiger partial charge in [-0.05, 0) is 74.1 Å². The van der Waals surface area contributed by atoms with Gasteiger partial charge in [-0.15, -0.1) is 12.4 Å². The van der Waals surface area contributed by atoms with E-state index in [1.54, 1.807) is 0 Å². The number of carbonyl (C=O) groups is 1. The first-order valence-electron chi connectivity index (χ1n) is 8.33. The fraction of sp³-hybridized carbons (Fsp3) is 0.350. The summed E-state index contributed by atoms with van der Waals surface area (Å²) in [6, 6.07) is 13.5. The average molecular weight is 379 g/mol. The van der Waals surface area contributed by atoms with Crippen LogP contribution in [0.3, 0.4) is 0 Å². The van der Waals surface area contributed by atoms with Crippen LogP contribution in [0.1, 0.15) is 49.4 Å². The van der Waals surface area contributed by atoms with Gasteiger partial charge in [-0.3, -0.25) is 4.79 Å². The maximum Gasteiger partial charge on any atom is 0.230 e. The number of carbonyl (C=O) groups excluding carboxylic acids is 1. The summed E-state index contributed by atoms with van der Waals surface area (Å²) in [5.41, 5.74) is 9.45. The van der Waals surface area contributed by atoms with Crippen molar-refractivity contribution in [1.29, 1.82) is 0 Å². The van der Waals surface area contributed by atoms with Crippen molar-refractivity contribution in [2.24, 2.45) is 0 Å². The van der Waals surface area contributed by atoms with Gasteiger partial charge in [-0.1, -0.05) is 29.8 Å². The first-order chi connectivity index (χ1) is 11.4. The summed E-state index contributed by atoms with van der Waals surface area (Å²) in [6.45, 7) is 3.89. The summed E-state index contributed by atoms with van der Waals surface area (Å²) in [5.74, 6) is 0.0273. The molecule has 1 aliphatic rings. The van der Waals surface area contributed by atoms with Gasteiger partial charge < -0.3 is 11.1 Å². The highest BCUT2D eigenvalue weighted by Crippen LogP contribution is 2.33. The van der Waals surface area contributed by atoms with Gasteiger partial charge in [0, 0.05) is 10.7 Å². The molecule has 0 fully saturated rings. The summed E-state index contributed by atoms with van der Waals surface area (Å²) < 4.78 is 0. The molecule has 2 aromatic carbocycles. The molecule has 3 nitrogen and oxygen atoms in total. The molecule has 0 bridgehead atoms. The van der Waals surface area contributed by atoms with Crippen molar-refractivity contribution in [3.8, 4) is 0 Å². The minimum atomic E-state index is -0.615. The van der Waals surface area contributed by atoms with Gasteiger partial charge in [0.2, 0.25) is 5.91 Å². The second-order valence-electron chi connectivity index (χ2n) is 7.01. The third-order valence-electron chi connectivity index (χ3n) is 4.92. The van der Waals surface area contributed by atoms with E-state index in [2.05, 4.69) is 5.32 Å². The number of nitrogens with two attached hydrogens (primary N) is 1. The lowest BCUT2D eigenvalue weighted by molar-refractivity contribution is -0.126. The summed E-state index contributed by atoms with van der Waals surface area (Å²) in [4.78, 5) is 12.9. The van der Waals surface area contributed by atoms with Gasteiger partial charge in [-0.2, -0.15) is 0 Å². The normalized spacial score (nSPS) is 16.5. The van der Waals surface area contributed by atoms with Gasteiger partial charge in [-0.25, -0.2) is 0 Å². The zero-order valence-electron chi connectivity index (χ0n) is 14.5. The standard InChI is InChI=1S/C20H23ClN2O.ClH/c1-20(2,14-6-8-15(21)9-7-14)19(24)23-18-5-3-4-13-12-16(22)10-11-17(13)18;/h6-12,18H,3-5,22H2,1-2H3,(H,23,24);1H. The Labute approximate surface area is 160 Å². The van der Waals surface area contributed by atoms with Crippen molar-refractivity contribution in [3.05, 3.63) is 64.2 Å². The Morgan fingerprint density at radius 1 is 1.20 bits per heavy atom. The number of nitrogen functional groups attached to an aromatic ring is 1. The fourth-order valence-corrected chi connectivity index (χ4v) is 3.45. The number of aryl methyl sites for hydroxylation is 1. The average Bonchev–Trinajstić information content (AvgIpc) is 2.55. The number of benzene rings is 2. The van der Waals surface area contributed by atoms with Crippen molar-refractivity contribution >= 4 is 35.6 Å². The maximum absolute atomic E-state index is 12.9. The third kappa shape index (κ3) is 4.10. The molecule has 0 saturated heterocycles. The minimum Gasteiger partial charge on any atom is -0.399 e. The van der Waals surface area contributed by atoms with Gasteiger partial charge in [0.1, 0.15) is 0 Å². The van der Waals surface area contributed by atoms with Gasteiger partial charge >= 0.3 is 0 Å². The van der Waals surface area contributed by atoms with Crippen LogP contribution in [0, 0.1) is 0 Å². The van der Waals surface area contributed by atoms with Crippen molar-refractivity contribution in [2.75, 3.05) is 5.73 Å². The molecule has 1 unspecified atom stereocenters. The van der Waals surface area contributed by atoms with Crippen molar-refractivity contribution in [3.63, 3.8) is 0 Å². The Bertz CT molecular complexity index is 757. The van der Waals surface area contributed by atoms with Crippen LogP contribution < -0.4 is 11.1 Å². The van der Waals surface area contributed by atoms with Crippen molar-refractivity contribution in [2.45, 2.75) is 44.6 Å². The number of nitrogens with one attached hydrogen (secondary N) is 1. The Morgan fingerprint density at radius 2 is 1.88 bits per heavy atom. The number of amides is 1. The monoisotopic (exact) mass is 378 g/mol. The van der Waals surface area contributed by atoms with E-state index in [1.807, 2.05) is 56.3 Å². The molecule has 0 heterocycles. The highest BCUT2D eigenvalue weighted by Gasteiger charge is 2.32. The minimum absolute atomic E-state index is 0. The lowest BCUT2D eigenvalue weighted by Crippen LogP contribution is -2.42. The van der Waals surface area contributed by atoms with Crippen LogP contribution in [-0.2, 0) is 16.6 Å². The van der Waals surface area contributed by atoms with E-state index in [1.165, 1.54) is 11.1 Å². The summed E-state index contributed by atoms with van der Waals surface area (Å²) in [7, 11) is 0. The van der Waals surface area contributed by atoms with E-state index < -0.39 is 5.41 Å². The molecule has 0 radical (unpaired) electrons. The molecule has 134 valence electrons. The van der Waals surface area contributed by atoms with Crippen LogP contribution in [-0.4, -0.2) is 5.91 Å². The molecule has 3 N–H and O–H groups in total. The number of hydrogen-bond acceptors (Lipinski definition) is 2. The van der Waals surface area contributed by atoms with E-state index in [-0.39, 0.29) is 24.4 Å². The molecule has 0 aliphatic heterocycles. The van der Waals surface area contributed by atoms with Gasteiger partial charge in [0.25, 0.3) is 0 Å². The molecule has 0 aromatic heterocycles. The molecule has 25 heavy (non-hydrogen) atoms. The van der Waals surface area contributed by atoms with Crippen LogP contribution >= 0.6 is 24.0 Å². The lowest BCUT2D eigenvalue weighted by Gasteiger charge is -2.31. The molecular weight excluding hydrogens is 355 g/mol. The zero-order valence-corrected chi connectivity index (χ0v) is 16.1. The highest BCUT2D eigenvalue weighted by molar-refractivity contribution is 6.30. The molecule has 1 atom stereocenters. The second-order valence-corrected chi connectivity index (χ2v) is 7.44. The zero-order chi connectivity index (χ0) is 17.3. The first kappa shape index (κ1) is 19.6. The molecule has 1 amide bonds. The Balaban J connectivity index is 0.00000225. The maximum atomic E-state index is 12.9. The number of anilines is 1. The number of rotatable bonds is 3. The van der Waals surface area contributed by atoms with Gasteiger partial charge in [0.15, 0.2) is 0 Å². The largest absolute Gasteiger partial charge is 0.399 e. The second kappa shape index (κ2) is 7.67. The molecular formula is C20H24Cl2N2O. The van der Waals surface area contributed by atoms with E-state index in [0.717, 1.165) is 30.5 Å². The smallest absolute Gasteiger partial charge is 0.230 e. The summed E-state index contributed by atoms with van der Waals surface area (Å²) in [6.07, 6.45) is 3.04. The molecule has 2 aromatic rings. The van der Waals surface area contributed by atoms with Gasteiger partial charge in [0.05, 0.1) is 11.5 Å². The number of fused-ring (bicyclic) bond motifs is 1. The summed E-state index contributed by atoms with van der Waals surface area (Å²) >= 11 is 5.96. The molecule has 3 rings (SSSR count). The van der Waals surface area contributed by atoms with Crippen LogP contribution in [0.4, 0.5) is 5.69 Å². The number of hydrogen-bond donors (Lipinski definition) is 2. The highest BCUT2D eigenvalue weighted by atomic mass is 35.5. The molecule has 0 spiro atoms. The van der Waals surface area contributed by atoms with Crippen molar-refractivity contribution < 1.29 is 4.79 Å². The topological polar surface area (TPSA) is 55.1 Å².